The fraction of sp³-hybridized carbons (Fsp3) is 0.133. The molecule has 1 amide bonds. The topological polar surface area (TPSA) is 68.3 Å². The molecule has 108 valence electrons. The van der Waals surface area contributed by atoms with Gasteiger partial charge in [0.15, 0.2) is 0 Å². The Morgan fingerprint density at radius 1 is 1.24 bits per heavy atom. The SMILES string of the molecule is COC(=O)c1ccc(C(=O)Nc2ccc(C)c(I)c2)nc1. The third-order valence-electron chi connectivity index (χ3n) is 2.85. The van der Waals surface area contributed by atoms with Crippen molar-refractivity contribution >= 4 is 40.2 Å². The number of amides is 1. The molecule has 1 heterocycles. The highest BCUT2D eigenvalue weighted by Crippen LogP contribution is 2.17. The molecule has 1 aromatic heterocycles. The molecule has 0 saturated carbocycles. The van der Waals surface area contributed by atoms with Crippen molar-refractivity contribution in [2.75, 3.05) is 12.4 Å². The van der Waals surface area contributed by atoms with Crippen LogP contribution in [0.5, 0.6) is 0 Å². The van der Waals surface area contributed by atoms with Crippen molar-refractivity contribution in [1.29, 1.82) is 0 Å². The summed E-state index contributed by atoms with van der Waals surface area (Å²) in [5.74, 6) is -0.811. The Balaban J connectivity index is 2.13. The van der Waals surface area contributed by atoms with Crippen LogP contribution in [0.15, 0.2) is 36.5 Å². The van der Waals surface area contributed by atoms with E-state index in [1.54, 1.807) is 0 Å². The van der Waals surface area contributed by atoms with Gasteiger partial charge in [0.2, 0.25) is 0 Å². The maximum absolute atomic E-state index is 12.1. The van der Waals surface area contributed by atoms with Crippen LogP contribution in [-0.2, 0) is 4.74 Å². The number of anilines is 1. The van der Waals surface area contributed by atoms with Crippen molar-refractivity contribution in [1.82, 2.24) is 4.98 Å². The Kier molecular flexibility index (Phi) is 4.89. The number of carbonyl (C=O) groups is 2. The molecule has 0 atom stereocenters. The number of hydrogen-bond donors (Lipinski definition) is 1. The van der Waals surface area contributed by atoms with Gasteiger partial charge < -0.3 is 10.1 Å². The molecule has 0 fully saturated rings. The summed E-state index contributed by atoms with van der Waals surface area (Å²) < 4.78 is 5.65. The zero-order chi connectivity index (χ0) is 15.4. The molecule has 0 spiro atoms. The van der Waals surface area contributed by atoms with Gasteiger partial charge in [-0.25, -0.2) is 4.79 Å². The molecule has 0 unspecified atom stereocenters. The third-order valence-corrected chi connectivity index (χ3v) is 4.01. The highest BCUT2D eigenvalue weighted by atomic mass is 127. The van der Waals surface area contributed by atoms with Crippen molar-refractivity contribution in [3.63, 3.8) is 0 Å². The summed E-state index contributed by atoms with van der Waals surface area (Å²) in [5, 5.41) is 2.77. The van der Waals surface area contributed by atoms with E-state index in [2.05, 4.69) is 37.6 Å². The lowest BCUT2D eigenvalue weighted by Gasteiger charge is -2.07. The predicted molar refractivity (Wildman–Crippen MR) is 87.4 cm³/mol. The summed E-state index contributed by atoms with van der Waals surface area (Å²) >= 11 is 2.21. The average Bonchev–Trinajstić information content (AvgIpc) is 2.50. The van der Waals surface area contributed by atoms with E-state index in [9.17, 15) is 9.59 Å². The van der Waals surface area contributed by atoms with E-state index in [4.69, 9.17) is 0 Å². The number of aryl methyl sites for hydroxylation is 1. The Labute approximate surface area is 135 Å². The molecule has 0 aliphatic rings. The molecule has 0 radical (unpaired) electrons. The molecule has 0 bridgehead atoms. The molecule has 2 rings (SSSR count). The second kappa shape index (κ2) is 6.66. The number of rotatable bonds is 3. The number of carbonyl (C=O) groups excluding carboxylic acids is 2. The van der Waals surface area contributed by atoms with E-state index in [1.165, 1.54) is 25.4 Å². The maximum atomic E-state index is 12.1. The number of pyridine rings is 1. The smallest absolute Gasteiger partial charge is 0.339 e. The molecule has 1 N–H and O–H groups in total. The van der Waals surface area contributed by atoms with E-state index >= 15 is 0 Å². The largest absolute Gasteiger partial charge is 0.465 e. The molecule has 21 heavy (non-hydrogen) atoms. The molecule has 0 aliphatic carbocycles. The van der Waals surface area contributed by atoms with Crippen LogP contribution in [0.4, 0.5) is 5.69 Å². The summed E-state index contributed by atoms with van der Waals surface area (Å²) in [6.45, 7) is 2.00. The Morgan fingerprint density at radius 2 is 2.00 bits per heavy atom. The van der Waals surface area contributed by atoms with Gasteiger partial charge in [-0.2, -0.15) is 0 Å². The summed E-state index contributed by atoms with van der Waals surface area (Å²) in [5.41, 5.74) is 2.39. The molecule has 1 aromatic carbocycles. The molecule has 0 aliphatic heterocycles. The zero-order valence-electron chi connectivity index (χ0n) is 11.5. The van der Waals surface area contributed by atoms with Crippen LogP contribution in [0.1, 0.15) is 26.4 Å². The van der Waals surface area contributed by atoms with E-state index < -0.39 is 5.97 Å². The number of aromatic nitrogens is 1. The van der Waals surface area contributed by atoms with Gasteiger partial charge in [-0.1, -0.05) is 6.07 Å². The van der Waals surface area contributed by atoms with Crippen LogP contribution in [0.3, 0.4) is 0 Å². The van der Waals surface area contributed by atoms with Crippen LogP contribution in [0, 0.1) is 10.5 Å². The highest BCUT2D eigenvalue weighted by molar-refractivity contribution is 14.1. The molecular formula is C15H13IN2O3. The van der Waals surface area contributed by atoms with Crippen LogP contribution in [-0.4, -0.2) is 24.0 Å². The van der Waals surface area contributed by atoms with Crippen LogP contribution >= 0.6 is 22.6 Å². The summed E-state index contributed by atoms with van der Waals surface area (Å²) in [6.07, 6.45) is 1.32. The molecule has 6 heteroatoms. The first-order valence-corrected chi connectivity index (χ1v) is 7.21. The van der Waals surface area contributed by atoms with Crippen molar-refractivity contribution in [2.24, 2.45) is 0 Å². The third kappa shape index (κ3) is 3.78. The lowest BCUT2D eigenvalue weighted by molar-refractivity contribution is 0.0600. The van der Waals surface area contributed by atoms with Crippen molar-refractivity contribution in [3.8, 4) is 0 Å². The molecular weight excluding hydrogens is 383 g/mol. The Bertz CT molecular complexity index is 684. The Morgan fingerprint density at radius 3 is 2.57 bits per heavy atom. The second-order valence-corrected chi connectivity index (χ2v) is 5.50. The van der Waals surface area contributed by atoms with Crippen LogP contribution in [0.2, 0.25) is 0 Å². The summed E-state index contributed by atoms with van der Waals surface area (Å²) in [7, 11) is 1.29. The van der Waals surface area contributed by atoms with Crippen LogP contribution in [0.25, 0.3) is 0 Å². The number of methoxy groups -OCH3 is 1. The molecule has 5 nitrogen and oxygen atoms in total. The fourth-order valence-corrected chi connectivity index (χ4v) is 2.15. The monoisotopic (exact) mass is 396 g/mol. The molecule has 2 aromatic rings. The minimum absolute atomic E-state index is 0.234. The first-order chi connectivity index (χ1) is 10.0. The van der Waals surface area contributed by atoms with Crippen molar-refractivity contribution < 1.29 is 14.3 Å². The lowest BCUT2D eigenvalue weighted by atomic mass is 10.2. The Hall–Kier alpha value is -1.96. The zero-order valence-corrected chi connectivity index (χ0v) is 13.7. The summed E-state index contributed by atoms with van der Waals surface area (Å²) in [6, 6.07) is 8.65. The number of nitrogens with one attached hydrogen (secondary N) is 1. The van der Waals surface area contributed by atoms with Gasteiger partial charge in [-0.05, 0) is 59.3 Å². The maximum Gasteiger partial charge on any atom is 0.339 e. The normalized spacial score (nSPS) is 10.0. The van der Waals surface area contributed by atoms with Gasteiger partial charge in [-0.15, -0.1) is 0 Å². The van der Waals surface area contributed by atoms with E-state index in [0.717, 1.165) is 9.13 Å². The number of hydrogen-bond acceptors (Lipinski definition) is 4. The van der Waals surface area contributed by atoms with Crippen molar-refractivity contribution in [2.45, 2.75) is 6.92 Å². The number of benzene rings is 1. The second-order valence-electron chi connectivity index (χ2n) is 4.34. The minimum atomic E-state index is -0.484. The van der Waals surface area contributed by atoms with E-state index in [1.807, 2.05) is 25.1 Å². The first-order valence-electron chi connectivity index (χ1n) is 6.13. The van der Waals surface area contributed by atoms with Gasteiger partial charge in [-0.3, -0.25) is 9.78 Å². The minimum Gasteiger partial charge on any atom is -0.465 e. The number of esters is 1. The predicted octanol–water partition coefficient (Wildman–Crippen LogP) is 3.03. The molecule has 0 saturated heterocycles. The standard InChI is InChI=1S/C15H13IN2O3/c1-9-3-5-11(7-12(9)16)18-14(19)13-6-4-10(8-17-13)15(20)21-2/h3-8H,1-2H3,(H,18,19). The van der Waals surface area contributed by atoms with Gasteiger partial charge in [0.1, 0.15) is 5.69 Å². The fourth-order valence-electron chi connectivity index (χ4n) is 1.63. The van der Waals surface area contributed by atoms with Crippen LogP contribution < -0.4 is 5.32 Å². The van der Waals surface area contributed by atoms with Gasteiger partial charge in [0.25, 0.3) is 5.91 Å². The lowest BCUT2D eigenvalue weighted by Crippen LogP contribution is -2.14. The van der Waals surface area contributed by atoms with Gasteiger partial charge >= 0.3 is 5.97 Å². The number of ether oxygens (including phenoxy) is 1. The highest BCUT2D eigenvalue weighted by Gasteiger charge is 2.11. The number of nitrogens with zero attached hydrogens (tertiary/aromatic N) is 1. The van der Waals surface area contributed by atoms with Gasteiger partial charge in [0, 0.05) is 15.5 Å². The average molecular weight is 396 g/mol. The van der Waals surface area contributed by atoms with Gasteiger partial charge in [0.05, 0.1) is 12.7 Å². The quantitative estimate of drug-likeness (QED) is 0.640. The first kappa shape index (κ1) is 15.4. The number of halogens is 1. The summed E-state index contributed by atoms with van der Waals surface area (Å²) in [4.78, 5) is 27.3. The van der Waals surface area contributed by atoms with E-state index in [0.29, 0.717) is 11.3 Å². The van der Waals surface area contributed by atoms with E-state index in [-0.39, 0.29) is 11.6 Å². The van der Waals surface area contributed by atoms with Crippen molar-refractivity contribution in [3.05, 3.63) is 56.9 Å².